The van der Waals surface area contributed by atoms with Crippen LogP contribution in [0.5, 0.6) is 0 Å². The summed E-state index contributed by atoms with van der Waals surface area (Å²) in [6.45, 7) is 6.07. The SMILES string of the molecule is C=C/C(Cl)=N\CC. The summed E-state index contributed by atoms with van der Waals surface area (Å²) in [6.07, 6.45) is 1.52. The zero-order valence-electron chi connectivity index (χ0n) is 4.32. The molecule has 0 aliphatic rings. The second-order valence-electron chi connectivity index (χ2n) is 1.00. The van der Waals surface area contributed by atoms with E-state index in [1.165, 1.54) is 6.08 Å². The van der Waals surface area contributed by atoms with Gasteiger partial charge in [-0.3, -0.25) is 4.99 Å². The van der Waals surface area contributed by atoms with Crippen LogP contribution in [0.25, 0.3) is 0 Å². The fraction of sp³-hybridized carbons (Fsp3) is 0.400. The van der Waals surface area contributed by atoms with Crippen LogP contribution in [0.3, 0.4) is 0 Å². The molecule has 0 saturated heterocycles. The largest absolute Gasteiger partial charge is 0.273 e. The minimum Gasteiger partial charge on any atom is -0.273 e. The molecule has 0 aromatic rings. The molecule has 1 nitrogen and oxygen atoms in total. The van der Waals surface area contributed by atoms with E-state index in [0.29, 0.717) is 5.17 Å². The average Bonchev–Trinajstić information content (AvgIpc) is 1.68. The van der Waals surface area contributed by atoms with Crippen LogP contribution in [0, 0.1) is 0 Å². The molecular formula is C5H8ClN. The molecule has 0 rings (SSSR count). The normalized spacial score (nSPS) is 11.4. The zero-order valence-corrected chi connectivity index (χ0v) is 5.07. The quantitative estimate of drug-likeness (QED) is 0.490. The molecular weight excluding hydrogens is 110 g/mol. The highest BCUT2D eigenvalue weighted by Gasteiger charge is 1.76. The van der Waals surface area contributed by atoms with Crippen molar-refractivity contribution in [1.82, 2.24) is 0 Å². The van der Waals surface area contributed by atoms with Gasteiger partial charge < -0.3 is 0 Å². The van der Waals surface area contributed by atoms with Gasteiger partial charge in [0.2, 0.25) is 0 Å². The minimum atomic E-state index is 0.488. The molecule has 0 amide bonds. The Balaban J connectivity index is 3.49. The Bertz CT molecular complexity index is 86.1. The molecule has 0 aromatic heterocycles. The summed E-state index contributed by atoms with van der Waals surface area (Å²) in [6, 6.07) is 0. The Morgan fingerprint density at radius 1 is 2.00 bits per heavy atom. The second kappa shape index (κ2) is 3.88. The lowest BCUT2D eigenvalue weighted by Crippen LogP contribution is -1.78. The molecule has 7 heavy (non-hydrogen) atoms. The van der Waals surface area contributed by atoms with Crippen LogP contribution in [-0.2, 0) is 0 Å². The van der Waals surface area contributed by atoms with Crippen LogP contribution in [0.1, 0.15) is 6.92 Å². The molecule has 0 aromatic carbocycles. The maximum absolute atomic E-state index is 5.40. The van der Waals surface area contributed by atoms with Crippen LogP contribution >= 0.6 is 11.6 Å². The molecule has 2 heteroatoms. The molecule has 0 aliphatic heterocycles. The van der Waals surface area contributed by atoms with Gasteiger partial charge in [-0.1, -0.05) is 18.2 Å². The van der Waals surface area contributed by atoms with Crippen LogP contribution in [0.2, 0.25) is 0 Å². The highest BCUT2D eigenvalue weighted by atomic mass is 35.5. The third-order valence-electron chi connectivity index (χ3n) is 0.478. The Hall–Kier alpha value is -0.300. The van der Waals surface area contributed by atoms with Crippen molar-refractivity contribution in [3.05, 3.63) is 12.7 Å². The standard InChI is InChI=1S/C5H8ClN/c1-3-5(6)7-4-2/h3H,1,4H2,2H3/b7-5+. The summed E-state index contributed by atoms with van der Waals surface area (Å²) in [7, 11) is 0. The van der Waals surface area contributed by atoms with Crippen molar-refractivity contribution >= 4 is 16.8 Å². The van der Waals surface area contributed by atoms with E-state index in [9.17, 15) is 0 Å². The van der Waals surface area contributed by atoms with Crippen molar-refractivity contribution in [1.29, 1.82) is 0 Å². The number of aliphatic imine (C=N–C) groups is 1. The predicted molar refractivity (Wildman–Crippen MR) is 34.0 cm³/mol. The number of hydrogen-bond donors (Lipinski definition) is 0. The lowest BCUT2D eigenvalue weighted by molar-refractivity contribution is 1.14. The average molecular weight is 118 g/mol. The van der Waals surface area contributed by atoms with E-state index in [1.54, 1.807) is 0 Å². The Morgan fingerprint density at radius 2 is 2.57 bits per heavy atom. The molecule has 0 heterocycles. The Kier molecular flexibility index (Phi) is 3.71. The van der Waals surface area contributed by atoms with Crippen molar-refractivity contribution in [2.45, 2.75) is 6.92 Å². The van der Waals surface area contributed by atoms with Gasteiger partial charge in [-0.15, -0.1) is 0 Å². The van der Waals surface area contributed by atoms with Crippen LogP contribution in [-0.4, -0.2) is 11.7 Å². The third-order valence-corrected chi connectivity index (χ3v) is 0.751. The van der Waals surface area contributed by atoms with E-state index in [-0.39, 0.29) is 0 Å². The summed E-state index contributed by atoms with van der Waals surface area (Å²) in [4.78, 5) is 3.81. The van der Waals surface area contributed by atoms with E-state index in [2.05, 4.69) is 11.6 Å². The van der Waals surface area contributed by atoms with Crippen molar-refractivity contribution in [3.63, 3.8) is 0 Å². The monoisotopic (exact) mass is 117 g/mol. The molecule has 0 atom stereocenters. The Labute approximate surface area is 48.7 Å². The smallest absolute Gasteiger partial charge is 0.122 e. The summed E-state index contributed by atoms with van der Waals surface area (Å²) < 4.78 is 0. The van der Waals surface area contributed by atoms with Crippen molar-refractivity contribution in [3.8, 4) is 0 Å². The maximum atomic E-state index is 5.40. The van der Waals surface area contributed by atoms with E-state index in [0.717, 1.165) is 6.54 Å². The summed E-state index contributed by atoms with van der Waals surface area (Å²) in [5.41, 5.74) is 0. The Morgan fingerprint density at radius 3 is 2.71 bits per heavy atom. The molecule has 0 aliphatic carbocycles. The second-order valence-corrected chi connectivity index (χ2v) is 1.39. The lowest BCUT2D eigenvalue weighted by atomic mass is 10.7. The van der Waals surface area contributed by atoms with Gasteiger partial charge in [-0.2, -0.15) is 0 Å². The first-order chi connectivity index (χ1) is 3.31. The fourth-order valence-corrected chi connectivity index (χ4v) is 0.335. The molecule has 0 fully saturated rings. The van der Waals surface area contributed by atoms with Crippen LogP contribution in [0.15, 0.2) is 17.6 Å². The van der Waals surface area contributed by atoms with Gasteiger partial charge in [-0.05, 0) is 13.0 Å². The molecule has 0 saturated carbocycles. The zero-order chi connectivity index (χ0) is 5.70. The topological polar surface area (TPSA) is 12.4 Å². The first-order valence-electron chi connectivity index (χ1n) is 2.13. The van der Waals surface area contributed by atoms with Gasteiger partial charge in [0.05, 0.1) is 0 Å². The summed E-state index contributed by atoms with van der Waals surface area (Å²) in [5, 5.41) is 0.488. The highest BCUT2D eigenvalue weighted by molar-refractivity contribution is 6.68. The van der Waals surface area contributed by atoms with E-state index >= 15 is 0 Å². The number of rotatable bonds is 2. The summed E-state index contributed by atoms with van der Waals surface area (Å²) in [5.74, 6) is 0. The molecule has 0 bridgehead atoms. The molecule has 0 spiro atoms. The van der Waals surface area contributed by atoms with Crippen LogP contribution < -0.4 is 0 Å². The van der Waals surface area contributed by atoms with E-state index in [1.807, 2.05) is 6.92 Å². The molecule has 40 valence electrons. The van der Waals surface area contributed by atoms with Gasteiger partial charge in [0.15, 0.2) is 0 Å². The van der Waals surface area contributed by atoms with Crippen molar-refractivity contribution < 1.29 is 0 Å². The van der Waals surface area contributed by atoms with Gasteiger partial charge >= 0.3 is 0 Å². The predicted octanol–water partition coefficient (Wildman–Crippen LogP) is 1.83. The fourth-order valence-electron chi connectivity index (χ4n) is 0.216. The van der Waals surface area contributed by atoms with Crippen molar-refractivity contribution in [2.24, 2.45) is 4.99 Å². The van der Waals surface area contributed by atoms with E-state index < -0.39 is 0 Å². The first-order valence-corrected chi connectivity index (χ1v) is 2.51. The highest BCUT2D eigenvalue weighted by Crippen LogP contribution is 1.84. The molecule has 0 radical (unpaired) electrons. The van der Waals surface area contributed by atoms with Gasteiger partial charge in [0.1, 0.15) is 5.17 Å². The third kappa shape index (κ3) is 3.53. The van der Waals surface area contributed by atoms with Gasteiger partial charge in [0.25, 0.3) is 0 Å². The molecule has 0 N–H and O–H groups in total. The number of halogens is 1. The number of allylic oxidation sites excluding steroid dienone is 1. The van der Waals surface area contributed by atoms with Gasteiger partial charge in [-0.25, -0.2) is 0 Å². The maximum Gasteiger partial charge on any atom is 0.122 e. The van der Waals surface area contributed by atoms with Crippen molar-refractivity contribution in [2.75, 3.05) is 6.54 Å². The minimum absolute atomic E-state index is 0.488. The molecule has 0 unspecified atom stereocenters. The first kappa shape index (κ1) is 6.70. The summed E-state index contributed by atoms with van der Waals surface area (Å²) >= 11 is 5.40. The van der Waals surface area contributed by atoms with Crippen LogP contribution in [0.4, 0.5) is 0 Å². The number of hydrogen-bond acceptors (Lipinski definition) is 1. The lowest BCUT2D eigenvalue weighted by Gasteiger charge is -1.80. The number of nitrogens with zero attached hydrogens (tertiary/aromatic N) is 1. The van der Waals surface area contributed by atoms with E-state index in [4.69, 9.17) is 11.6 Å². The van der Waals surface area contributed by atoms with Gasteiger partial charge in [0, 0.05) is 6.54 Å².